The van der Waals surface area contributed by atoms with Gasteiger partial charge in [-0.05, 0) is 30.9 Å². The molecule has 0 aliphatic carbocycles. The molecule has 0 bridgehead atoms. The van der Waals surface area contributed by atoms with Crippen LogP contribution in [0, 0.1) is 0 Å². The molecule has 0 saturated heterocycles. The zero-order chi connectivity index (χ0) is 12.7. The van der Waals surface area contributed by atoms with Crippen LogP contribution in [0.25, 0.3) is 0 Å². The zero-order valence-corrected chi connectivity index (χ0v) is 11.7. The molecule has 1 aromatic rings. The fraction of sp³-hybridized carbons (Fsp3) is 0.500. The first-order chi connectivity index (χ1) is 8.15. The third kappa shape index (κ3) is 5.10. The van der Waals surface area contributed by atoms with Crippen LogP contribution in [-0.2, 0) is 0 Å². The van der Waals surface area contributed by atoms with Crippen molar-refractivity contribution < 1.29 is 4.79 Å². The van der Waals surface area contributed by atoms with Gasteiger partial charge in [-0.15, -0.1) is 10.2 Å². The third-order valence-electron chi connectivity index (χ3n) is 2.02. The minimum absolute atomic E-state index is 0.0658. The van der Waals surface area contributed by atoms with E-state index < -0.39 is 0 Å². The highest BCUT2D eigenvalue weighted by Crippen LogP contribution is 2.14. The van der Waals surface area contributed by atoms with Crippen LogP contribution in [0.2, 0.25) is 10.3 Å². The van der Waals surface area contributed by atoms with Crippen LogP contribution < -0.4 is 5.32 Å². The van der Waals surface area contributed by atoms with Crippen LogP contribution >= 0.6 is 35.0 Å². The van der Waals surface area contributed by atoms with E-state index in [2.05, 4.69) is 21.8 Å². The molecule has 0 aliphatic heterocycles. The number of unbranched alkanes of at least 4 members (excludes halogenated alkanes) is 1. The van der Waals surface area contributed by atoms with Gasteiger partial charge in [0.05, 0.1) is 5.56 Å². The molecule has 94 valence electrons. The molecule has 0 aromatic carbocycles. The Kier molecular flexibility index (Phi) is 6.62. The summed E-state index contributed by atoms with van der Waals surface area (Å²) >= 11 is 13.2. The summed E-state index contributed by atoms with van der Waals surface area (Å²) < 4.78 is 0. The van der Waals surface area contributed by atoms with Gasteiger partial charge in [0.1, 0.15) is 0 Å². The maximum absolute atomic E-state index is 11.7. The Morgan fingerprint density at radius 1 is 1.41 bits per heavy atom. The van der Waals surface area contributed by atoms with E-state index in [-0.39, 0.29) is 21.8 Å². The minimum atomic E-state index is -0.268. The Morgan fingerprint density at radius 2 is 2.18 bits per heavy atom. The number of nitrogens with one attached hydrogen (secondary N) is 1. The molecule has 0 spiro atoms. The summed E-state index contributed by atoms with van der Waals surface area (Å²) in [4.78, 5) is 11.7. The van der Waals surface area contributed by atoms with Gasteiger partial charge in [0, 0.05) is 6.54 Å². The van der Waals surface area contributed by atoms with E-state index in [1.165, 1.54) is 6.07 Å². The van der Waals surface area contributed by atoms with Crippen molar-refractivity contribution in [2.24, 2.45) is 0 Å². The average molecular weight is 294 g/mol. The van der Waals surface area contributed by atoms with Gasteiger partial charge in [0.25, 0.3) is 5.91 Å². The van der Waals surface area contributed by atoms with Gasteiger partial charge < -0.3 is 5.32 Å². The molecule has 1 amide bonds. The first-order valence-electron chi connectivity index (χ1n) is 5.11. The maximum atomic E-state index is 11.7. The van der Waals surface area contributed by atoms with Gasteiger partial charge in [0.2, 0.25) is 0 Å². The monoisotopic (exact) mass is 293 g/mol. The van der Waals surface area contributed by atoms with Crippen LogP contribution in [0.5, 0.6) is 0 Å². The lowest BCUT2D eigenvalue weighted by Gasteiger charge is -2.05. The van der Waals surface area contributed by atoms with E-state index in [1.807, 2.05) is 0 Å². The van der Waals surface area contributed by atoms with Crippen LogP contribution in [0.4, 0.5) is 0 Å². The Bertz CT molecular complexity index is 390. The molecule has 1 heterocycles. The van der Waals surface area contributed by atoms with Crippen molar-refractivity contribution in [2.75, 3.05) is 18.6 Å². The van der Waals surface area contributed by atoms with E-state index in [9.17, 15) is 4.79 Å². The molecule has 0 fully saturated rings. The number of nitrogens with zero attached hydrogens (tertiary/aromatic N) is 2. The molecule has 0 atom stereocenters. The predicted octanol–water partition coefficient (Wildman–Crippen LogP) is 2.66. The first kappa shape index (κ1) is 14.5. The van der Waals surface area contributed by atoms with Crippen molar-refractivity contribution in [1.82, 2.24) is 15.5 Å². The Labute approximate surface area is 114 Å². The van der Waals surface area contributed by atoms with Gasteiger partial charge in [0.15, 0.2) is 10.3 Å². The lowest BCUT2D eigenvalue weighted by atomic mass is 10.3. The fourth-order valence-electron chi connectivity index (χ4n) is 1.18. The van der Waals surface area contributed by atoms with Gasteiger partial charge in [-0.2, -0.15) is 11.8 Å². The topological polar surface area (TPSA) is 54.9 Å². The highest BCUT2D eigenvalue weighted by molar-refractivity contribution is 7.98. The zero-order valence-electron chi connectivity index (χ0n) is 9.37. The van der Waals surface area contributed by atoms with Crippen LogP contribution in [0.1, 0.15) is 23.2 Å². The lowest BCUT2D eigenvalue weighted by Crippen LogP contribution is -2.25. The number of thioether (sulfide) groups is 1. The smallest absolute Gasteiger partial charge is 0.254 e. The largest absolute Gasteiger partial charge is 0.352 e. The number of carbonyl (C=O) groups excluding carboxylic acids is 1. The second kappa shape index (κ2) is 7.74. The molecule has 4 nitrogen and oxygen atoms in total. The predicted molar refractivity (Wildman–Crippen MR) is 72.0 cm³/mol. The van der Waals surface area contributed by atoms with Crippen molar-refractivity contribution in [1.29, 1.82) is 0 Å². The third-order valence-corrected chi connectivity index (χ3v) is 3.19. The standard InChI is InChI=1S/C10H13Cl2N3OS/c1-17-5-3-2-4-13-10(16)7-6-8(11)14-15-9(7)12/h6H,2-5H2,1H3,(H,13,16). The molecule has 17 heavy (non-hydrogen) atoms. The summed E-state index contributed by atoms with van der Waals surface area (Å²) in [5.74, 6) is 0.829. The number of rotatable bonds is 6. The van der Waals surface area contributed by atoms with E-state index in [0.29, 0.717) is 6.54 Å². The highest BCUT2D eigenvalue weighted by atomic mass is 35.5. The molecule has 0 unspecified atom stereocenters. The summed E-state index contributed by atoms with van der Waals surface area (Å²) in [6, 6.07) is 1.41. The second-order valence-electron chi connectivity index (χ2n) is 3.33. The van der Waals surface area contributed by atoms with E-state index in [0.717, 1.165) is 18.6 Å². The number of carbonyl (C=O) groups is 1. The number of hydrogen-bond donors (Lipinski definition) is 1. The number of hydrogen-bond acceptors (Lipinski definition) is 4. The minimum Gasteiger partial charge on any atom is -0.352 e. The number of aromatic nitrogens is 2. The van der Waals surface area contributed by atoms with Crippen molar-refractivity contribution in [3.63, 3.8) is 0 Å². The maximum Gasteiger partial charge on any atom is 0.254 e. The number of amides is 1. The van der Waals surface area contributed by atoms with E-state index >= 15 is 0 Å². The number of halogens is 2. The van der Waals surface area contributed by atoms with Crippen LogP contribution in [-0.4, -0.2) is 34.7 Å². The second-order valence-corrected chi connectivity index (χ2v) is 5.06. The quantitative estimate of drug-likeness (QED) is 0.820. The molecule has 0 saturated carbocycles. The summed E-state index contributed by atoms with van der Waals surface area (Å²) in [7, 11) is 0. The van der Waals surface area contributed by atoms with Gasteiger partial charge in [-0.1, -0.05) is 23.2 Å². The summed E-state index contributed by atoms with van der Waals surface area (Å²) in [5.41, 5.74) is 0.261. The summed E-state index contributed by atoms with van der Waals surface area (Å²) in [6.07, 6.45) is 4.07. The van der Waals surface area contributed by atoms with E-state index in [4.69, 9.17) is 23.2 Å². The molecule has 0 radical (unpaired) electrons. The average Bonchev–Trinajstić information content (AvgIpc) is 2.32. The molecular formula is C10H13Cl2N3OS. The SMILES string of the molecule is CSCCCCNC(=O)c1cc(Cl)nnc1Cl. The fourth-order valence-corrected chi connectivity index (χ4v) is 2.00. The molecule has 1 aromatic heterocycles. The van der Waals surface area contributed by atoms with Gasteiger partial charge in [-0.25, -0.2) is 0 Å². The van der Waals surface area contributed by atoms with Crippen molar-refractivity contribution in [3.05, 3.63) is 21.9 Å². The van der Waals surface area contributed by atoms with Gasteiger partial charge >= 0.3 is 0 Å². The molecule has 7 heteroatoms. The van der Waals surface area contributed by atoms with Crippen LogP contribution in [0.3, 0.4) is 0 Å². The van der Waals surface area contributed by atoms with Crippen molar-refractivity contribution >= 4 is 40.9 Å². The Balaban J connectivity index is 2.44. The Morgan fingerprint density at radius 3 is 2.88 bits per heavy atom. The van der Waals surface area contributed by atoms with Crippen LogP contribution in [0.15, 0.2) is 6.07 Å². The normalized spacial score (nSPS) is 10.3. The molecule has 1 N–H and O–H groups in total. The van der Waals surface area contributed by atoms with E-state index in [1.54, 1.807) is 11.8 Å². The molecule has 0 aliphatic rings. The first-order valence-corrected chi connectivity index (χ1v) is 7.26. The lowest BCUT2D eigenvalue weighted by molar-refractivity contribution is 0.0953. The van der Waals surface area contributed by atoms with Crippen molar-refractivity contribution in [2.45, 2.75) is 12.8 Å². The van der Waals surface area contributed by atoms with Gasteiger partial charge in [-0.3, -0.25) is 4.79 Å². The Hall–Kier alpha value is -0.520. The molecule has 1 rings (SSSR count). The summed E-state index contributed by atoms with van der Waals surface area (Å²) in [5, 5.41) is 10.1. The summed E-state index contributed by atoms with van der Waals surface area (Å²) in [6.45, 7) is 0.621. The molecular weight excluding hydrogens is 281 g/mol. The highest BCUT2D eigenvalue weighted by Gasteiger charge is 2.12. The van der Waals surface area contributed by atoms with Crippen molar-refractivity contribution in [3.8, 4) is 0 Å².